The van der Waals surface area contributed by atoms with Crippen molar-refractivity contribution in [3.8, 4) is 22.7 Å². The molecule has 0 atom stereocenters. The topological polar surface area (TPSA) is 70.1 Å². The van der Waals surface area contributed by atoms with Crippen molar-refractivity contribution in [2.75, 3.05) is 5.73 Å². The number of ether oxygens (including phenoxy) is 1. The van der Waals surface area contributed by atoms with E-state index in [0.717, 1.165) is 10.7 Å². The van der Waals surface area contributed by atoms with Crippen LogP contribution in [0.2, 0.25) is 0 Å². The number of halogens is 4. The van der Waals surface area contributed by atoms with Crippen LogP contribution in [0, 0.1) is 5.82 Å². The highest BCUT2D eigenvalue weighted by Gasteiger charge is 2.31. The Morgan fingerprint density at radius 2 is 1.67 bits per heavy atom. The summed E-state index contributed by atoms with van der Waals surface area (Å²) >= 11 is 0. The Labute approximate surface area is 166 Å². The predicted octanol–water partition coefficient (Wildman–Crippen LogP) is 4.67. The first-order valence-electron chi connectivity index (χ1n) is 8.66. The van der Waals surface area contributed by atoms with Crippen LogP contribution in [0.25, 0.3) is 27.7 Å². The summed E-state index contributed by atoms with van der Waals surface area (Å²) in [6.07, 6.45) is -4.85. The maximum Gasteiger partial charge on any atom is 0.573 e. The molecule has 152 valence electrons. The molecule has 0 bridgehead atoms. The molecule has 9 heteroatoms. The number of nitrogen functional groups attached to an aromatic ring is 1. The van der Waals surface area contributed by atoms with Gasteiger partial charge in [-0.05, 0) is 54.6 Å². The predicted molar refractivity (Wildman–Crippen MR) is 104 cm³/mol. The smallest absolute Gasteiger partial charge is 0.406 e. The molecule has 4 rings (SSSR count). The van der Waals surface area contributed by atoms with Crippen LogP contribution in [0.1, 0.15) is 0 Å². The molecular formula is C21H13F4N3O2. The second-order valence-corrected chi connectivity index (χ2v) is 6.42. The zero-order valence-corrected chi connectivity index (χ0v) is 15.2. The third-order valence-electron chi connectivity index (χ3n) is 4.33. The first-order chi connectivity index (χ1) is 14.2. The van der Waals surface area contributed by atoms with E-state index in [0.29, 0.717) is 16.6 Å². The zero-order chi connectivity index (χ0) is 21.5. The van der Waals surface area contributed by atoms with Gasteiger partial charge in [0.1, 0.15) is 11.6 Å². The first-order valence-corrected chi connectivity index (χ1v) is 8.66. The summed E-state index contributed by atoms with van der Waals surface area (Å²) in [6, 6.07) is 14.9. The summed E-state index contributed by atoms with van der Waals surface area (Å²) in [5.41, 5.74) is 6.46. The quantitative estimate of drug-likeness (QED) is 0.390. The molecular weight excluding hydrogens is 402 g/mol. The third-order valence-corrected chi connectivity index (χ3v) is 4.33. The lowest BCUT2D eigenvalue weighted by Crippen LogP contribution is -2.22. The van der Waals surface area contributed by atoms with Gasteiger partial charge in [-0.25, -0.2) is 4.39 Å². The van der Waals surface area contributed by atoms with Gasteiger partial charge < -0.3 is 10.5 Å². The maximum absolute atomic E-state index is 13.3. The fourth-order valence-electron chi connectivity index (χ4n) is 3.07. The highest BCUT2D eigenvalue weighted by molar-refractivity contribution is 5.95. The Hall–Kier alpha value is -3.88. The number of hydrogen-bond acceptors (Lipinski definition) is 4. The SMILES string of the molecule is Nc1ccc2c(-c3cccc(OC(F)(F)F)c3)nn(-c3ccc(F)cc3)c(=O)c2c1. The molecule has 5 nitrogen and oxygen atoms in total. The Bertz CT molecular complexity index is 1300. The first kappa shape index (κ1) is 19.4. The standard InChI is InChI=1S/C21H13F4N3O2/c22-13-4-7-15(8-5-13)28-20(29)18-11-14(26)6-9-17(18)19(27-28)12-2-1-3-16(10-12)30-21(23,24)25/h1-11H,26H2. The van der Waals surface area contributed by atoms with E-state index in [1.165, 1.54) is 42.5 Å². The van der Waals surface area contributed by atoms with Crippen LogP contribution in [-0.4, -0.2) is 16.1 Å². The Kier molecular flexibility index (Phi) is 4.65. The molecule has 1 heterocycles. The van der Waals surface area contributed by atoms with Gasteiger partial charge in [0, 0.05) is 16.6 Å². The van der Waals surface area contributed by atoms with E-state index in [1.807, 2.05) is 0 Å². The summed E-state index contributed by atoms with van der Waals surface area (Å²) in [5.74, 6) is -0.918. The van der Waals surface area contributed by atoms with E-state index in [1.54, 1.807) is 18.2 Å². The molecule has 0 unspecified atom stereocenters. The van der Waals surface area contributed by atoms with E-state index in [2.05, 4.69) is 9.84 Å². The van der Waals surface area contributed by atoms with Crippen molar-refractivity contribution in [3.63, 3.8) is 0 Å². The largest absolute Gasteiger partial charge is 0.573 e. The minimum atomic E-state index is -4.85. The molecule has 0 amide bonds. The zero-order valence-electron chi connectivity index (χ0n) is 15.2. The minimum Gasteiger partial charge on any atom is -0.406 e. The molecule has 3 aromatic carbocycles. The Morgan fingerprint density at radius 3 is 2.37 bits per heavy atom. The lowest BCUT2D eigenvalue weighted by molar-refractivity contribution is -0.274. The molecule has 0 aliphatic carbocycles. The number of hydrogen-bond donors (Lipinski definition) is 1. The van der Waals surface area contributed by atoms with E-state index in [9.17, 15) is 22.4 Å². The Balaban J connectivity index is 1.98. The number of fused-ring (bicyclic) bond motifs is 1. The maximum atomic E-state index is 13.3. The third kappa shape index (κ3) is 3.82. The number of aromatic nitrogens is 2. The monoisotopic (exact) mass is 415 g/mol. The second kappa shape index (κ2) is 7.18. The van der Waals surface area contributed by atoms with Crippen LogP contribution in [0.5, 0.6) is 5.75 Å². The van der Waals surface area contributed by atoms with Gasteiger partial charge in [-0.2, -0.15) is 9.78 Å². The van der Waals surface area contributed by atoms with Crippen molar-refractivity contribution in [3.05, 3.63) is 82.9 Å². The molecule has 0 spiro atoms. The fraction of sp³-hybridized carbons (Fsp3) is 0.0476. The van der Waals surface area contributed by atoms with E-state index in [-0.39, 0.29) is 16.8 Å². The molecule has 0 saturated carbocycles. The lowest BCUT2D eigenvalue weighted by atomic mass is 10.0. The number of benzene rings is 3. The molecule has 0 saturated heterocycles. The van der Waals surface area contributed by atoms with Crippen molar-refractivity contribution < 1.29 is 22.3 Å². The summed E-state index contributed by atoms with van der Waals surface area (Å²) in [4.78, 5) is 13.0. The summed E-state index contributed by atoms with van der Waals surface area (Å²) in [7, 11) is 0. The molecule has 0 fully saturated rings. The summed E-state index contributed by atoms with van der Waals surface area (Å²) in [5, 5.41) is 4.96. The van der Waals surface area contributed by atoms with Crippen molar-refractivity contribution in [2.24, 2.45) is 0 Å². The van der Waals surface area contributed by atoms with Crippen LogP contribution < -0.4 is 16.0 Å². The number of nitrogens with zero attached hydrogens (tertiary/aromatic N) is 2. The van der Waals surface area contributed by atoms with E-state index >= 15 is 0 Å². The van der Waals surface area contributed by atoms with Crippen LogP contribution in [0.15, 0.2) is 71.5 Å². The minimum absolute atomic E-state index is 0.214. The average Bonchev–Trinajstić information content (AvgIpc) is 2.68. The van der Waals surface area contributed by atoms with Crippen molar-refractivity contribution in [1.29, 1.82) is 0 Å². The van der Waals surface area contributed by atoms with Gasteiger partial charge in [-0.1, -0.05) is 12.1 Å². The molecule has 1 aromatic heterocycles. The van der Waals surface area contributed by atoms with E-state index in [4.69, 9.17) is 5.73 Å². The number of alkyl halides is 3. The van der Waals surface area contributed by atoms with E-state index < -0.39 is 23.5 Å². The highest BCUT2D eigenvalue weighted by atomic mass is 19.4. The normalized spacial score (nSPS) is 11.6. The average molecular weight is 415 g/mol. The number of nitrogens with two attached hydrogens (primary N) is 1. The van der Waals surface area contributed by atoms with Gasteiger partial charge in [0.25, 0.3) is 5.56 Å². The molecule has 30 heavy (non-hydrogen) atoms. The fourth-order valence-corrected chi connectivity index (χ4v) is 3.07. The second-order valence-electron chi connectivity index (χ2n) is 6.42. The highest BCUT2D eigenvalue weighted by Crippen LogP contribution is 2.31. The van der Waals surface area contributed by atoms with Crippen molar-refractivity contribution in [2.45, 2.75) is 6.36 Å². The van der Waals surface area contributed by atoms with Crippen molar-refractivity contribution >= 4 is 16.5 Å². The van der Waals surface area contributed by atoms with Gasteiger partial charge in [0.05, 0.1) is 16.8 Å². The van der Waals surface area contributed by atoms with Crippen LogP contribution >= 0.6 is 0 Å². The van der Waals surface area contributed by atoms with Crippen LogP contribution in [0.4, 0.5) is 23.2 Å². The van der Waals surface area contributed by atoms with Crippen LogP contribution in [-0.2, 0) is 0 Å². The summed E-state index contributed by atoms with van der Waals surface area (Å²) in [6.45, 7) is 0. The van der Waals surface area contributed by atoms with Gasteiger partial charge in [-0.15, -0.1) is 13.2 Å². The molecule has 2 N–H and O–H groups in total. The lowest BCUT2D eigenvalue weighted by Gasteiger charge is -2.13. The van der Waals surface area contributed by atoms with Crippen molar-refractivity contribution in [1.82, 2.24) is 9.78 Å². The Morgan fingerprint density at radius 1 is 0.933 bits per heavy atom. The van der Waals surface area contributed by atoms with Crippen LogP contribution in [0.3, 0.4) is 0 Å². The molecule has 4 aromatic rings. The number of anilines is 1. The molecule has 0 aliphatic heterocycles. The van der Waals surface area contributed by atoms with Gasteiger partial charge in [-0.3, -0.25) is 4.79 Å². The van der Waals surface area contributed by atoms with Gasteiger partial charge >= 0.3 is 6.36 Å². The molecule has 0 aliphatic rings. The summed E-state index contributed by atoms with van der Waals surface area (Å²) < 4.78 is 56.2. The number of rotatable bonds is 3. The van der Waals surface area contributed by atoms with Gasteiger partial charge in [0.15, 0.2) is 0 Å². The molecule has 0 radical (unpaired) electrons. The van der Waals surface area contributed by atoms with Gasteiger partial charge in [0.2, 0.25) is 0 Å².